The molecule has 1 N–H and O–H groups in total. The molecule has 0 aliphatic carbocycles. The van der Waals surface area contributed by atoms with Gasteiger partial charge < -0.3 is 14.8 Å². The predicted octanol–water partition coefficient (Wildman–Crippen LogP) is 3.22. The van der Waals surface area contributed by atoms with Crippen LogP contribution in [-0.2, 0) is 9.53 Å². The summed E-state index contributed by atoms with van der Waals surface area (Å²) < 4.78 is 23.5. The lowest BCUT2D eigenvalue weighted by Gasteiger charge is -2.14. The zero-order valence-corrected chi connectivity index (χ0v) is 14.5. The third-order valence-electron chi connectivity index (χ3n) is 3.52. The third kappa shape index (κ3) is 4.66. The summed E-state index contributed by atoms with van der Waals surface area (Å²) in [6.45, 7) is 2.80. The third-order valence-corrected chi connectivity index (χ3v) is 3.52. The Labute approximate surface area is 149 Å². The summed E-state index contributed by atoms with van der Waals surface area (Å²) in [7, 11) is 1.34. The average Bonchev–Trinajstić information content (AvgIpc) is 2.61. The molecule has 0 saturated heterocycles. The fourth-order valence-corrected chi connectivity index (χ4v) is 2.27. The van der Waals surface area contributed by atoms with Crippen LogP contribution in [0.25, 0.3) is 0 Å². The molecule has 0 aromatic heterocycles. The van der Waals surface area contributed by atoms with Crippen LogP contribution in [0.15, 0.2) is 42.5 Å². The number of benzene rings is 2. The van der Waals surface area contributed by atoms with Crippen LogP contribution >= 0.6 is 0 Å². The number of methoxy groups -OCH3 is 1. The van der Waals surface area contributed by atoms with Crippen molar-refractivity contribution in [3.63, 3.8) is 0 Å². The quantitative estimate of drug-likeness (QED) is 0.633. The largest absolute Gasteiger partial charge is 0.496 e. The second-order valence-corrected chi connectivity index (χ2v) is 5.51. The number of ether oxygens (including phenoxy) is 2. The van der Waals surface area contributed by atoms with E-state index in [9.17, 15) is 18.8 Å². The van der Waals surface area contributed by atoms with Crippen molar-refractivity contribution >= 4 is 23.3 Å². The number of hydrogen-bond donors (Lipinski definition) is 1. The van der Waals surface area contributed by atoms with E-state index in [0.717, 1.165) is 12.1 Å². The van der Waals surface area contributed by atoms with Gasteiger partial charge in [0.05, 0.1) is 7.11 Å². The van der Waals surface area contributed by atoms with Crippen LogP contribution in [0.3, 0.4) is 0 Å². The summed E-state index contributed by atoms with van der Waals surface area (Å²) in [6.07, 6.45) is -1.08. The summed E-state index contributed by atoms with van der Waals surface area (Å²) in [5, 5.41) is 2.59. The highest BCUT2D eigenvalue weighted by atomic mass is 19.1. The van der Waals surface area contributed by atoms with Crippen LogP contribution in [0.4, 0.5) is 10.1 Å². The number of ketones is 1. The lowest BCUT2D eigenvalue weighted by Crippen LogP contribution is -2.24. The first-order valence-corrected chi connectivity index (χ1v) is 7.78. The zero-order valence-electron chi connectivity index (χ0n) is 14.5. The first kappa shape index (κ1) is 19.1. The molecule has 0 spiro atoms. The molecule has 0 aliphatic heterocycles. The molecular formula is C19H18FNO5. The van der Waals surface area contributed by atoms with Gasteiger partial charge in [-0.15, -0.1) is 0 Å². The summed E-state index contributed by atoms with van der Waals surface area (Å²) in [4.78, 5) is 35.6. The molecule has 0 aliphatic rings. The van der Waals surface area contributed by atoms with Crippen LogP contribution < -0.4 is 10.1 Å². The Bertz CT molecular complexity index is 832. The molecule has 0 radical (unpaired) electrons. The minimum atomic E-state index is -1.08. The molecule has 0 heterocycles. The molecule has 0 unspecified atom stereocenters. The van der Waals surface area contributed by atoms with Crippen molar-refractivity contribution in [2.24, 2.45) is 0 Å². The minimum absolute atomic E-state index is 0.104. The van der Waals surface area contributed by atoms with Gasteiger partial charge in [-0.25, -0.2) is 9.18 Å². The van der Waals surface area contributed by atoms with Crippen molar-refractivity contribution in [1.82, 2.24) is 0 Å². The Morgan fingerprint density at radius 3 is 2.31 bits per heavy atom. The first-order chi connectivity index (χ1) is 12.3. The fraction of sp³-hybridized carbons (Fsp3) is 0.211. The van der Waals surface area contributed by atoms with E-state index in [4.69, 9.17) is 9.47 Å². The lowest BCUT2D eigenvalue weighted by atomic mass is 10.1. The molecular weight excluding hydrogens is 341 g/mol. The van der Waals surface area contributed by atoms with Gasteiger partial charge in [0.15, 0.2) is 6.10 Å². The van der Waals surface area contributed by atoms with Crippen LogP contribution in [-0.4, -0.2) is 30.9 Å². The van der Waals surface area contributed by atoms with E-state index in [0.29, 0.717) is 11.3 Å². The van der Waals surface area contributed by atoms with Crippen LogP contribution in [0.5, 0.6) is 5.75 Å². The molecule has 26 heavy (non-hydrogen) atoms. The van der Waals surface area contributed by atoms with Crippen molar-refractivity contribution < 1.29 is 28.2 Å². The summed E-state index contributed by atoms with van der Waals surface area (Å²) in [5.74, 6) is -1.99. The van der Waals surface area contributed by atoms with E-state index in [2.05, 4.69) is 5.32 Å². The van der Waals surface area contributed by atoms with Gasteiger partial charge in [-0.1, -0.05) is 0 Å². The number of hydrogen-bond acceptors (Lipinski definition) is 5. The molecule has 0 bridgehead atoms. The van der Waals surface area contributed by atoms with E-state index < -0.39 is 23.7 Å². The van der Waals surface area contributed by atoms with Gasteiger partial charge in [0, 0.05) is 18.2 Å². The summed E-state index contributed by atoms with van der Waals surface area (Å²) in [6, 6.07) is 9.61. The Hall–Kier alpha value is -3.22. The number of nitrogens with one attached hydrogen (secondary N) is 1. The number of anilines is 1. The molecule has 6 nitrogen and oxygen atoms in total. The van der Waals surface area contributed by atoms with Gasteiger partial charge in [-0.2, -0.15) is 0 Å². The molecule has 7 heteroatoms. The monoisotopic (exact) mass is 359 g/mol. The maximum Gasteiger partial charge on any atom is 0.342 e. The molecule has 2 aromatic rings. The van der Waals surface area contributed by atoms with E-state index >= 15 is 0 Å². The SMILES string of the molecule is COc1ccc(F)cc1C(=O)O[C@H](C)C(=O)c1ccc(NC(C)=O)cc1. The van der Waals surface area contributed by atoms with Gasteiger partial charge in [0.2, 0.25) is 11.7 Å². The second kappa shape index (κ2) is 8.24. The van der Waals surface area contributed by atoms with Gasteiger partial charge in [0.25, 0.3) is 0 Å². The number of carbonyl (C=O) groups excluding carboxylic acids is 3. The van der Waals surface area contributed by atoms with Crippen LogP contribution in [0.1, 0.15) is 34.6 Å². The summed E-state index contributed by atoms with van der Waals surface area (Å²) in [5.41, 5.74) is 0.752. The first-order valence-electron chi connectivity index (χ1n) is 7.78. The van der Waals surface area contributed by atoms with Gasteiger partial charge in [-0.05, 0) is 49.4 Å². The zero-order chi connectivity index (χ0) is 19.3. The molecule has 136 valence electrons. The highest BCUT2D eigenvalue weighted by Crippen LogP contribution is 2.21. The molecule has 0 fully saturated rings. The number of Topliss-reactive ketones (excluding diaryl/α,β-unsaturated/α-hetero) is 1. The Kier molecular flexibility index (Phi) is 6.06. The van der Waals surface area contributed by atoms with Crippen molar-refractivity contribution in [3.8, 4) is 5.75 Å². The standard InChI is InChI=1S/C19H18FNO5/c1-11(18(23)13-4-7-15(8-5-13)21-12(2)22)26-19(24)16-10-14(20)6-9-17(16)25-3/h4-11H,1-3H3,(H,21,22)/t11-/m1/s1. The Morgan fingerprint density at radius 2 is 1.73 bits per heavy atom. The topological polar surface area (TPSA) is 81.7 Å². The molecule has 2 rings (SSSR count). The van der Waals surface area contributed by atoms with Crippen LogP contribution in [0.2, 0.25) is 0 Å². The number of carbonyl (C=O) groups is 3. The number of amides is 1. The molecule has 1 amide bonds. The smallest absolute Gasteiger partial charge is 0.342 e. The highest BCUT2D eigenvalue weighted by molar-refractivity contribution is 6.02. The second-order valence-electron chi connectivity index (χ2n) is 5.51. The Balaban J connectivity index is 2.10. The lowest BCUT2D eigenvalue weighted by molar-refractivity contribution is -0.114. The van der Waals surface area contributed by atoms with Crippen molar-refractivity contribution in [2.75, 3.05) is 12.4 Å². The Morgan fingerprint density at radius 1 is 1.08 bits per heavy atom. The van der Waals surface area contributed by atoms with Gasteiger partial charge in [-0.3, -0.25) is 9.59 Å². The molecule has 1 atom stereocenters. The van der Waals surface area contributed by atoms with Crippen molar-refractivity contribution in [1.29, 1.82) is 0 Å². The van der Waals surface area contributed by atoms with E-state index in [-0.39, 0.29) is 17.2 Å². The van der Waals surface area contributed by atoms with Crippen molar-refractivity contribution in [3.05, 3.63) is 59.4 Å². The van der Waals surface area contributed by atoms with E-state index in [1.54, 1.807) is 12.1 Å². The normalized spacial score (nSPS) is 11.4. The summed E-state index contributed by atoms with van der Waals surface area (Å²) >= 11 is 0. The van der Waals surface area contributed by atoms with E-state index in [1.165, 1.54) is 39.2 Å². The predicted molar refractivity (Wildman–Crippen MR) is 92.9 cm³/mol. The highest BCUT2D eigenvalue weighted by Gasteiger charge is 2.23. The number of halogens is 1. The van der Waals surface area contributed by atoms with Gasteiger partial charge in [0.1, 0.15) is 17.1 Å². The van der Waals surface area contributed by atoms with Crippen molar-refractivity contribution in [2.45, 2.75) is 20.0 Å². The molecule has 2 aromatic carbocycles. The average molecular weight is 359 g/mol. The molecule has 0 saturated carbocycles. The van der Waals surface area contributed by atoms with Crippen LogP contribution in [0, 0.1) is 5.82 Å². The van der Waals surface area contributed by atoms with Gasteiger partial charge >= 0.3 is 5.97 Å². The minimum Gasteiger partial charge on any atom is -0.496 e. The maximum atomic E-state index is 13.4. The number of rotatable bonds is 6. The van der Waals surface area contributed by atoms with E-state index in [1.807, 2.05) is 0 Å². The maximum absolute atomic E-state index is 13.4. The number of esters is 1. The fourth-order valence-electron chi connectivity index (χ4n) is 2.27.